The van der Waals surface area contributed by atoms with Crippen molar-refractivity contribution in [3.05, 3.63) is 28.0 Å². The molecule has 1 heterocycles. The standard InChI is InChI=1S/C9H7BrN2O2/c1-14-9(13)3-6-2-7(10)8(4-11)12-5-6/h2,5H,3H2,1H3. The van der Waals surface area contributed by atoms with Crippen LogP contribution in [0.2, 0.25) is 0 Å². The molecule has 1 aromatic rings. The SMILES string of the molecule is COC(=O)Cc1cnc(C#N)c(Br)c1. The summed E-state index contributed by atoms with van der Waals surface area (Å²) in [6.45, 7) is 0. The summed E-state index contributed by atoms with van der Waals surface area (Å²) in [5.41, 5.74) is 1.02. The molecule has 0 bridgehead atoms. The normalized spacial score (nSPS) is 9.21. The predicted octanol–water partition coefficient (Wildman–Crippen LogP) is 1.43. The van der Waals surface area contributed by atoms with E-state index in [1.165, 1.54) is 13.3 Å². The topological polar surface area (TPSA) is 63.0 Å². The second kappa shape index (κ2) is 4.72. The Morgan fingerprint density at radius 3 is 3.00 bits per heavy atom. The molecule has 4 nitrogen and oxygen atoms in total. The molecule has 0 aliphatic rings. The molecule has 0 unspecified atom stereocenters. The van der Waals surface area contributed by atoms with E-state index in [1.807, 2.05) is 6.07 Å². The van der Waals surface area contributed by atoms with Crippen molar-refractivity contribution in [1.82, 2.24) is 4.98 Å². The number of rotatable bonds is 2. The smallest absolute Gasteiger partial charge is 0.310 e. The first-order valence-electron chi connectivity index (χ1n) is 3.78. The Labute approximate surface area is 89.6 Å². The third-order valence-corrected chi connectivity index (χ3v) is 2.18. The van der Waals surface area contributed by atoms with Crippen molar-refractivity contribution in [2.45, 2.75) is 6.42 Å². The number of esters is 1. The zero-order chi connectivity index (χ0) is 10.6. The van der Waals surface area contributed by atoms with Gasteiger partial charge in [-0.1, -0.05) is 0 Å². The molecule has 1 rings (SSSR count). The van der Waals surface area contributed by atoms with Gasteiger partial charge in [0.05, 0.1) is 18.0 Å². The van der Waals surface area contributed by atoms with E-state index in [1.54, 1.807) is 6.07 Å². The molecule has 5 heteroatoms. The predicted molar refractivity (Wildman–Crippen MR) is 52.4 cm³/mol. The van der Waals surface area contributed by atoms with Gasteiger partial charge in [-0.3, -0.25) is 4.79 Å². The minimum absolute atomic E-state index is 0.161. The highest BCUT2D eigenvalue weighted by atomic mass is 79.9. The number of carbonyl (C=O) groups is 1. The van der Waals surface area contributed by atoms with Gasteiger partial charge in [-0.15, -0.1) is 0 Å². The van der Waals surface area contributed by atoms with Crippen LogP contribution in [-0.4, -0.2) is 18.1 Å². The number of aromatic nitrogens is 1. The molecule has 0 atom stereocenters. The van der Waals surface area contributed by atoms with Crippen LogP contribution in [0.15, 0.2) is 16.7 Å². The summed E-state index contributed by atoms with van der Waals surface area (Å²) in [4.78, 5) is 14.8. The molecule has 0 aliphatic carbocycles. The average Bonchev–Trinajstić information content (AvgIpc) is 2.18. The Kier molecular flexibility index (Phi) is 3.60. The van der Waals surface area contributed by atoms with Gasteiger partial charge in [-0.05, 0) is 27.6 Å². The number of hydrogen-bond acceptors (Lipinski definition) is 4. The Bertz CT molecular complexity index is 398. The summed E-state index contributed by atoms with van der Waals surface area (Å²) >= 11 is 3.18. The molecule has 72 valence electrons. The summed E-state index contributed by atoms with van der Waals surface area (Å²) in [5, 5.41) is 8.60. The van der Waals surface area contributed by atoms with Gasteiger partial charge in [0, 0.05) is 6.20 Å². The number of pyridine rings is 1. The number of halogens is 1. The van der Waals surface area contributed by atoms with E-state index in [2.05, 4.69) is 25.7 Å². The highest BCUT2D eigenvalue weighted by Gasteiger charge is 2.06. The lowest BCUT2D eigenvalue weighted by atomic mass is 10.2. The molecule has 0 spiro atoms. The zero-order valence-electron chi connectivity index (χ0n) is 7.45. The molecular formula is C9H7BrN2O2. The van der Waals surface area contributed by atoms with Gasteiger partial charge in [0.2, 0.25) is 0 Å². The third kappa shape index (κ3) is 2.54. The first kappa shape index (κ1) is 10.7. The molecule has 1 aromatic heterocycles. The van der Waals surface area contributed by atoms with Gasteiger partial charge in [0.15, 0.2) is 5.69 Å². The van der Waals surface area contributed by atoms with E-state index >= 15 is 0 Å². The molecule has 0 aromatic carbocycles. The van der Waals surface area contributed by atoms with Crippen molar-refractivity contribution < 1.29 is 9.53 Å². The maximum absolute atomic E-state index is 10.9. The Morgan fingerprint density at radius 1 is 1.79 bits per heavy atom. The maximum Gasteiger partial charge on any atom is 0.310 e. The van der Waals surface area contributed by atoms with Crippen LogP contribution in [0.5, 0.6) is 0 Å². The van der Waals surface area contributed by atoms with E-state index < -0.39 is 0 Å². The molecular weight excluding hydrogens is 248 g/mol. The van der Waals surface area contributed by atoms with Crippen LogP contribution < -0.4 is 0 Å². The van der Waals surface area contributed by atoms with Gasteiger partial charge in [0.25, 0.3) is 0 Å². The highest BCUT2D eigenvalue weighted by Crippen LogP contribution is 2.15. The second-order valence-corrected chi connectivity index (χ2v) is 3.39. The highest BCUT2D eigenvalue weighted by molar-refractivity contribution is 9.10. The zero-order valence-corrected chi connectivity index (χ0v) is 9.04. The van der Waals surface area contributed by atoms with Gasteiger partial charge in [-0.2, -0.15) is 5.26 Å². The minimum atomic E-state index is -0.330. The summed E-state index contributed by atoms with van der Waals surface area (Å²) < 4.78 is 5.09. The van der Waals surface area contributed by atoms with E-state index in [0.717, 1.165) is 0 Å². The number of nitrogens with zero attached hydrogens (tertiary/aromatic N) is 2. The van der Waals surface area contributed by atoms with Gasteiger partial charge < -0.3 is 4.74 Å². The summed E-state index contributed by atoms with van der Waals surface area (Å²) in [5.74, 6) is -0.330. The van der Waals surface area contributed by atoms with Crippen molar-refractivity contribution in [3.8, 4) is 6.07 Å². The van der Waals surface area contributed by atoms with Gasteiger partial charge in [0.1, 0.15) is 6.07 Å². The fourth-order valence-electron chi connectivity index (χ4n) is 0.895. The van der Waals surface area contributed by atoms with E-state index in [-0.39, 0.29) is 12.4 Å². The fourth-order valence-corrected chi connectivity index (χ4v) is 1.38. The number of nitriles is 1. The third-order valence-electron chi connectivity index (χ3n) is 1.58. The van der Waals surface area contributed by atoms with Crippen LogP contribution in [0.1, 0.15) is 11.3 Å². The van der Waals surface area contributed by atoms with Crippen molar-refractivity contribution >= 4 is 21.9 Å². The molecule has 0 saturated carbocycles. The fraction of sp³-hybridized carbons (Fsp3) is 0.222. The minimum Gasteiger partial charge on any atom is -0.469 e. The summed E-state index contributed by atoms with van der Waals surface area (Å²) in [6, 6.07) is 3.60. The Hall–Kier alpha value is -1.41. The second-order valence-electron chi connectivity index (χ2n) is 2.54. The van der Waals surface area contributed by atoms with Crippen LogP contribution in [-0.2, 0) is 16.0 Å². The lowest BCUT2D eigenvalue weighted by Crippen LogP contribution is -2.05. The Morgan fingerprint density at radius 2 is 2.50 bits per heavy atom. The van der Waals surface area contributed by atoms with Crippen LogP contribution in [0.3, 0.4) is 0 Å². The molecule has 0 N–H and O–H groups in total. The van der Waals surface area contributed by atoms with E-state index in [0.29, 0.717) is 15.7 Å². The van der Waals surface area contributed by atoms with Crippen molar-refractivity contribution in [2.75, 3.05) is 7.11 Å². The van der Waals surface area contributed by atoms with Crippen LogP contribution in [0, 0.1) is 11.3 Å². The first-order chi connectivity index (χ1) is 6.67. The number of hydrogen-bond donors (Lipinski definition) is 0. The van der Waals surface area contributed by atoms with Crippen molar-refractivity contribution in [1.29, 1.82) is 5.26 Å². The van der Waals surface area contributed by atoms with Crippen molar-refractivity contribution in [3.63, 3.8) is 0 Å². The lowest BCUT2D eigenvalue weighted by Gasteiger charge is -2.00. The summed E-state index contributed by atoms with van der Waals surface area (Å²) in [7, 11) is 1.33. The molecule has 0 saturated heterocycles. The van der Waals surface area contributed by atoms with E-state index in [9.17, 15) is 4.79 Å². The van der Waals surface area contributed by atoms with Gasteiger partial charge >= 0.3 is 5.97 Å². The number of ether oxygens (including phenoxy) is 1. The quantitative estimate of drug-likeness (QED) is 0.750. The Balaban J connectivity index is 2.88. The average molecular weight is 255 g/mol. The lowest BCUT2D eigenvalue weighted by molar-refractivity contribution is -0.139. The van der Waals surface area contributed by atoms with Crippen LogP contribution in [0.4, 0.5) is 0 Å². The first-order valence-corrected chi connectivity index (χ1v) is 4.58. The van der Waals surface area contributed by atoms with Crippen LogP contribution in [0.25, 0.3) is 0 Å². The molecule has 14 heavy (non-hydrogen) atoms. The molecule has 0 fully saturated rings. The molecule has 0 aliphatic heterocycles. The number of methoxy groups -OCH3 is 1. The maximum atomic E-state index is 10.9. The largest absolute Gasteiger partial charge is 0.469 e. The summed E-state index contributed by atoms with van der Waals surface area (Å²) in [6.07, 6.45) is 1.65. The van der Waals surface area contributed by atoms with Gasteiger partial charge in [-0.25, -0.2) is 4.98 Å². The van der Waals surface area contributed by atoms with Crippen molar-refractivity contribution in [2.24, 2.45) is 0 Å². The van der Waals surface area contributed by atoms with Crippen LogP contribution >= 0.6 is 15.9 Å². The van der Waals surface area contributed by atoms with E-state index in [4.69, 9.17) is 5.26 Å². The molecule has 0 radical (unpaired) electrons. The molecule has 0 amide bonds. The monoisotopic (exact) mass is 254 g/mol. The number of carbonyl (C=O) groups excluding carboxylic acids is 1.